The van der Waals surface area contributed by atoms with Crippen LogP contribution in [0.15, 0.2) is 12.3 Å². The largest absolute Gasteiger partial charge is 0.502 e. The molecule has 1 atom stereocenters. The van der Waals surface area contributed by atoms with Crippen LogP contribution in [0.3, 0.4) is 0 Å². The van der Waals surface area contributed by atoms with Gasteiger partial charge in [-0.3, -0.25) is 0 Å². The van der Waals surface area contributed by atoms with Crippen molar-refractivity contribution in [3.63, 3.8) is 0 Å². The van der Waals surface area contributed by atoms with E-state index in [-0.39, 0.29) is 0 Å². The summed E-state index contributed by atoms with van der Waals surface area (Å²) in [4.78, 5) is 0. The maximum absolute atomic E-state index is 5.25. The van der Waals surface area contributed by atoms with E-state index in [0.29, 0.717) is 0 Å². The molecule has 0 spiro atoms. The highest BCUT2D eigenvalue weighted by Crippen LogP contribution is 2.25. The molecule has 0 bridgehead atoms. The second-order valence-electron chi connectivity index (χ2n) is 2.86. The van der Waals surface area contributed by atoms with Crippen LogP contribution in [-0.2, 0) is 4.74 Å². The van der Waals surface area contributed by atoms with Crippen molar-refractivity contribution in [1.29, 1.82) is 0 Å². The molecule has 1 heterocycles. The molecule has 64 valence electrons. The lowest BCUT2D eigenvalue weighted by Gasteiger charge is -2.06. The Morgan fingerprint density at radius 2 is 2.55 bits per heavy atom. The molecule has 0 aromatic carbocycles. The molecular weight excluding hydrogens is 156 g/mol. The van der Waals surface area contributed by atoms with E-state index in [0.717, 1.165) is 12.5 Å². The number of allylic oxidation sites excluding steroid dienone is 1. The fourth-order valence-corrected chi connectivity index (χ4v) is 2.54. The van der Waals surface area contributed by atoms with Crippen LogP contribution in [0.1, 0.15) is 19.8 Å². The predicted octanol–water partition coefficient (Wildman–Crippen LogP) is 2.68. The quantitative estimate of drug-likeness (QED) is 0.476. The summed E-state index contributed by atoms with van der Waals surface area (Å²) < 4.78 is 5.25. The summed E-state index contributed by atoms with van der Waals surface area (Å²) in [5, 5.41) is 0. The highest BCUT2D eigenvalue weighted by Gasteiger charge is 2.14. The minimum atomic E-state index is 0.898. The molecule has 0 amide bonds. The van der Waals surface area contributed by atoms with Gasteiger partial charge in [0.2, 0.25) is 0 Å². The smallest absolute Gasteiger partial charge is 0.0876 e. The standard InChI is InChI=1S/C9H16OS/c1-2-5-10-6-3-9-4-7-11-8-9/h2,5,9H,3-4,6-8H2,1H3/b5-2+. The van der Waals surface area contributed by atoms with E-state index in [1.165, 1.54) is 24.3 Å². The summed E-state index contributed by atoms with van der Waals surface area (Å²) >= 11 is 2.07. The third-order valence-corrected chi connectivity index (χ3v) is 3.13. The number of thioether (sulfide) groups is 1. The first-order valence-corrected chi connectivity index (χ1v) is 5.39. The Hall–Kier alpha value is -0.110. The molecular formula is C9H16OS. The van der Waals surface area contributed by atoms with Crippen LogP contribution in [0.4, 0.5) is 0 Å². The molecule has 1 unspecified atom stereocenters. The highest BCUT2D eigenvalue weighted by molar-refractivity contribution is 7.99. The fraction of sp³-hybridized carbons (Fsp3) is 0.778. The number of ether oxygens (including phenoxy) is 1. The average Bonchev–Trinajstić information content (AvgIpc) is 2.50. The van der Waals surface area contributed by atoms with E-state index in [4.69, 9.17) is 4.74 Å². The van der Waals surface area contributed by atoms with Gasteiger partial charge in [-0.05, 0) is 37.2 Å². The molecule has 11 heavy (non-hydrogen) atoms. The van der Waals surface area contributed by atoms with E-state index >= 15 is 0 Å². The molecule has 1 nitrogen and oxygen atoms in total. The van der Waals surface area contributed by atoms with Crippen LogP contribution in [0.2, 0.25) is 0 Å². The number of rotatable bonds is 4. The first-order valence-electron chi connectivity index (χ1n) is 4.24. The van der Waals surface area contributed by atoms with Crippen molar-refractivity contribution in [2.75, 3.05) is 18.1 Å². The first kappa shape index (κ1) is 8.98. The van der Waals surface area contributed by atoms with Crippen LogP contribution in [0.25, 0.3) is 0 Å². The van der Waals surface area contributed by atoms with Crippen LogP contribution in [0, 0.1) is 5.92 Å². The van der Waals surface area contributed by atoms with Gasteiger partial charge in [0.05, 0.1) is 12.9 Å². The van der Waals surface area contributed by atoms with Crippen LogP contribution < -0.4 is 0 Å². The number of hydrogen-bond acceptors (Lipinski definition) is 2. The van der Waals surface area contributed by atoms with E-state index in [1.54, 1.807) is 6.26 Å². The summed E-state index contributed by atoms with van der Waals surface area (Å²) in [6.45, 7) is 2.88. The van der Waals surface area contributed by atoms with Crippen LogP contribution in [0.5, 0.6) is 0 Å². The third kappa shape index (κ3) is 3.71. The zero-order valence-corrected chi connectivity index (χ0v) is 7.90. The van der Waals surface area contributed by atoms with Gasteiger partial charge in [0.1, 0.15) is 0 Å². The van der Waals surface area contributed by atoms with Gasteiger partial charge in [0.25, 0.3) is 0 Å². The molecule has 0 N–H and O–H groups in total. The van der Waals surface area contributed by atoms with Gasteiger partial charge >= 0.3 is 0 Å². The lowest BCUT2D eigenvalue weighted by atomic mass is 10.1. The zero-order chi connectivity index (χ0) is 7.94. The van der Waals surface area contributed by atoms with Crippen molar-refractivity contribution in [2.24, 2.45) is 5.92 Å². The molecule has 0 radical (unpaired) electrons. The Kier molecular flexibility index (Phi) is 4.51. The van der Waals surface area contributed by atoms with Crippen molar-refractivity contribution in [3.8, 4) is 0 Å². The summed E-state index contributed by atoms with van der Waals surface area (Å²) in [7, 11) is 0. The molecule has 0 aliphatic carbocycles. The van der Waals surface area contributed by atoms with Gasteiger partial charge in [0, 0.05) is 0 Å². The third-order valence-electron chi connectivity index (χ3n) is 1.90. The SMILES string of the molecule is C/C=C/OCCC1CCSC1. The van der Waals surface area contributed by atoms with Crippen molar-refractivity contribution in [3.05, 3.63) is 12.3 Å². The van der Waals surface area contributed by atoms with E-state index < -0.39 is 0 Å². The minimum Gasteiger partial charge on any atom is -0.502 e. The topological polar surface area (TPSA) is 9.23 Å². The van der Waals surface area contributed by atoms with E-state index in [9.17, 15) is 0 Å². The van der Waals surface area contributed by atoms with Gasteiger partial charge in [-0.1, -0.05) is 6.08 Å². The van der Waals surface area contributed by atoms with Crippen molar-refractivity contribution in [1.82, 2.24) is 0 Å². The lowest BCUT2D eigenvalue weighted by Crippen LogP contribution is -2.01. The zero-order valence-electron chi connectivity index (χ0n) is 7.08. The van der Waals surface area contributed by atoms with E-state index in [2.05, 4.69) is 11.8 Å². The summed E-state index contributed by atoms with van der Waals surface area (Å²) in [5.74, 6) is 3.62. The summed E-state index contributed by atoms with van der Waals surface area (Å²) in [6, 6.07) is 0. The normalized spacial score (nSPS) is 24.6. The van der Waals surface area contributed by atoms with Gasteiger partial charge in [0.15, 0.2) is 0 Å². The maximum Gasteiger partial charge on any atom is 0.0876 e. The second kappa shape index (κ2) is 5.53. The second-order valence-corrected chi connectivity index (χ2v) is 4.01. The molecule has 0 aromatic rings. The van der Waals surface area contributed by atoms with Gasteiger partial charge < -0.3 is 4.74 Å². The molecule has 1 rings (SSSR count). The van der Waals surface area contributed by atoms with Gasteiger partial charge in [-0.25, -0.2) is 0 Å². The Balaban J connectivity index is 1.93. The molecule has 1 saturated heterocycles. The van der Waals surface area contributed by atoms with Gasteiger partial charge in [-0.2, -0.15) is 11.8 Å². The van der Waals surface area contributed by atoms with E-state index in [1.807, 2.05) is 13.0 Å². The van der Waals surface area contributed by atoms with Crippen LogP contribution in [-0.4, -0.2) is 18.1 Å². The Morgan fingerprint density at radius 1 is 1.64 bits per heavy atom. The predicted molar refractivity (Wildman–Crippen MR) is 50.8 cm³/mol. The average molecular weight is 172 g/mol. The summed E-state index contributed by atoms with van der Waals surface area (Å²) in [5.41, 5.74) is 0. The maximum atomic E-state index is 5.25. The number of hydrogen-bond donors (Lipinski definition) is 0. The molecule has 0 aromatic heterocycles. The fourth-order valence-electron chi connectivity index (χ4n) is 1.21. The Labute approximate surface area is 73.2 Å². The minimum absolute atomic E-state index is 0.898. The van der Waals surface area contributed by atoms with Crippen molar-refractivity contribution < 1.29 is 4.74 Å². The van der Waals surface area contributed by atoms with Gasteiger partial charge in [-0.15, -0.1) is 0 Å². The molecule has 1 fully saturated rings. The monoisotopic (exact) mass is 172 g/mol. The first-order chi connectivity index (χ1) is 5.43. The van der Waals surface area contributed by atoms with Crippen molar-refractivity contribution in [2.45, 2.75) is 19.8 Å². The molecule has 1 aliphatic heterocycles. The Morgan fingerprint density at radius 3 is 3.18 bits per heavy atom. The van der Waals surface area contributed by atoms with Crippen molar-refractivity contribution >= 4 is 11.8 Å². The van der Waals surface area contributed by atoms with Crippen LogP contribution >= 0.6 is 11.8 Å². The summed E-state index contributed by atoms with van der Waals surface area (Å²) in [6.07, 6.45) is 6.34. The Bertz CT molecular complexity index is 117. The highest BCUT2D eigenvalue weighted by atomic mass is 32.2. The lowest BCUT2D eigenvalue weighted by molar-refractivity contribution is 0.226. The molecule has 0 saturated carbocycles. The molecule has 2 heteroatoms. The molecule has 1 aliphatic rings.